The smallest absolute Gasteiger partial charge is 0.123 e. The molecular weight excluding hydrogens is 165 g/mol. The summed E-state index contributed by atoms with van der Waals surface area (Å²) in [6.45, 7) is 1.11. The Labute approximate surface area is 77.0 Å². The minimum absolute atomic E-state index is 0.102. The molecule has 3 rings (SSSR count). The fraction of sp³-hybridized carbons (Fsp3) is 0.455. The minimum Gasteiger partial charge on any atom is -0.307 e. The number of rotatable bonds is 0. The second-order valence-electron chi connectivity index (χ2n) is 4.06. The Hall–Kier alpha value is -0.890. The highest BCUT2D eigenvalue weighted by atomic mass is 19.1. The number of hydrogen-bond acceptors (Lipinski definition) is 1. The van der Waals surface area contributed by atoms with Gasteiger partial charge in [-0.1, -0.05) is 6.07 Å². The van der Waals surface area contributed by atoms with Gasteiger partial charge in [0.25, 0.3) is 0 Å². The third kappa shape index (κ3) is 0.894. The molecule has 13 heavy (non-hydrogen) atoms. The van der Waals surface area contributed by atoms with Crippen molar-refractivity contribution in [3.63, 3.8) is 0 Å². The third-order valence-electron chi connectivity index (χ3n) is 3.42. The summed E-state index contributed by atoms with van der Waals surface area (Å²) in [5.74, 6) is -0.102. The lowest BCUT2D eigenvalue weighted by molar-refractivity contribution is 0.210. The molecule has 0 bridgehead atoms. The van der Waals surface area contributed by atoms with E-state index in [9.17, 15) is 4.39 Å². The molecule has 2 aliphatic rings. The Morgan fingerprint density at radius 2 is 2.15 bits per heavy atom. The summed E-state index contributed by atoms with van der Waals surface area (Å²) in [6, 6.07) is 5.21. The van der Waals surface area contributed by atoms with Gasteiger partial charge in [0, 0.05) is 5.54 Å². The van der Waals surface area contributed by atoms with Crippen LogP contribution in [-0.2, 0) is 12.0 Å². The average molecular weight is 177 g/mol. The Morgan fingerprint density at radius 3 is 2.85 bits per heavy atom. The van der Waals surface area contributed by atoms with E-state index in [1.165, 1.54) is 17.5 Å². The van der Waals surface area contributed by atoms with Gasteiger partial charge in [0.15, 0.2) is 0 Å². The van der Waals surface area contributed by atoms with Crippen molar-refractivity contribution in [2.45, 2.75) is 24.8 Å². The number of halogens is 1. The van der Waals surface area contributed by atoms with E-state index in [1.807, 2.05) is 6.07 Å². The van der Waals surface area contributed by atoms with Gasteiger partial charge in [0.1, 0.15) is 5.82 Å². The van der Waals surface area contributed by atoms with Crippen molar-refractivity contribution in [2.75, 3.05) is 6.54 Å². The molecular formula is C11H12FN. The number of fused-ring (bicyclic) bond motifs is 2. The topological polar surface area (TPSA) is 12.0 Å². The minimum atomic E-state index is -0.102. The predicted octanol–water partition coefficient (Wildman–Crippen LogP) is 1.96. The zero-order valence-corrected chi connectivity index (χ0v) is 7.44. The highest BCUT2D eigenvalue weighted by molar-refractivity contribution is 5.40. The van der Waals surface area contributed by atoms with Gasteiger partial charge in [-0.2, -0.15) is 0 Å². The molecule has 1 fully saturated rings. The summed E-state index contributed by atoms with van der Waals surface area (Å²) in [5.41, 5.74) is 2.76. The lowest BCUT2D eigenvalue weighted by atomic mass is 9.82. The molecule has 0 amide bonds. The maximum Gasteiger partial charge on any atom is 0.123 e. The first-order valence-electron chi connectivity index (χ1n) is 4.84. The molecule has 0 radical (unpaired) electrons. The van der Waals surface area contributed by atoms with E-state index in [0.717, 1.165) is 19.4 Å². The van der Waals surface area contributed by atoms with Gasteiger partial charge in [-0.25, -0.2) is 4.39 Å². The zero-order chi connectivity index (χ0) is 8.89. The van der Waals surface area contributed by atoms with Crippen LogP contribution >= 0.6 is 0 Å². The van der Waals surface area contributed by atoms with Crippen molar-refractivity contribution < 1.29 is 4.39 Å². The predicted molar refractivity (Wildman–Crippen MR) is 49.0 cm³/mol. The van der Waals surface area contributed by atoms with Gasteiger partial charge in [0.2, 0.25) is 0 Å². The molecule has 1 nitrogen and oxygen atoms in total. The fourth-order valence-corrected chi connectivity index (χ4v) is 2.59. The van der Waals surface area contributed by atoms with E-state index >= 15 is 0 Å². The molecule has 1 aromatic rings. The van der Waals surface area contributed by atoms with E-state index in [2.05, 4.69) is 5.32 Å². The molecule has 1 saturated heterocycles. The Morgan fingerprint density at radius 1 is 1.31 bits per heavy atom. The van der Waals surface area contributed by atoms with E-state index in [0.29, 0.717) is 0 Å². The number of hydrogen-bond donors (Lipinski definition) is 1. The van der Waals surface area contributed by atoms with Crippen LogP contribution in [0.3, 0.4) is 0 Å². The van der Waals surface area contributed by atoms with Crippen molar-refractivity contribution in [1.29, 1.82) is 0 Å². The van der Waals surface area contributed by atoms with Crippen LogP contribution in [0.2, 0.25) is 0 Å². The average Bonchev–Trinajstić information content (AvgIpc) is 2.41. The van der Waals surface area contributed by atoms with Crippen LogP contribution in [0.5, 0.6) is 0 Å². The van der Waals surface area contributed by atoms with Gasteiger partial charge in [-0.3, -0.25) is 0 Å². The molecule has 1 aliphatic heterocycles. The first-order valence-corrected chi connectivity index (χ1v) is 4.84. The van der Waals surface area contributed by atoms with Gasteiger partial charge in [0.05, 0.1) is 0 Å². The second kappa shape index (κ2) is 2.32. The summed E-state index contributed by atoms with van der Waals surface area (Å²) < 4.78 is 12.9. The molecule has 68 valence electrons. The highest BCUT2D eigenvalue weighted by Crippen LogP contribution is 2.43. The van der Waals surface area contributed by atoms with Gasteiger partial charge in [-0.15, -0.1) is 0 Å². The van der Waals surface area contributed by atoms with E-state index < -0.39 is 0 Å². The molecule has 0 aromatic heterocycles. The summed E-state index contributed by atoms with van der Waals surface area (Å²) in [6.07, 6.45) is 3.39. The molecule has 1 heterocycles. The fourth-order valence-electron chi connectivity index (χ4n) is 2.59. The van der Waals surface area contributed by atoms with Crippen LogP contribution in [0.4, 0.5) is 4.39 Å². The Kier molecular flexibility index (Phi) is 1.34. The maximum absolute atomic E-state index is 12.9. The van der Waals surface area contributed by atoms with E-state index in [1.54, 1.807) is 12.1 Å². The van der Waals surface area contributed by atoms with Crippen molar-refractivity contribution >= 4 is 0 Å². The van der Waals surface area contributed by atoms with Crippen LogP contribution in [0.25, 0.3) is 0 Å². The Balaban J connectivity index is 2.11. The van der Waals surface area contributed by atoms with Crippen molar-refractivity contribution in [1.82, 2.24) is 5.32 Å². The number of nitrogens with one attached hydrogen (secondary N) is 1. The molecule has 1 N–H and O–H groups in total. The molecule has 1 aliphatic carbocycles. The quantitative estimate of drug-likeness (QED) is 0.638. The van der Waals surface area contributed by atoms with Crippen LogP contribution in [0, 0.1) is 5.82 Å². The van der Waals surface area contributed by atoms with Gasteiger partial charge >= 0.3 is 0 Å². The first kappa shape index (κ1) is 7.51. The van der Waals surface area contributed by atoms with E-state index in [-0.39, 0.29) is 11.4 Å². The largest absolute Gasteiger partial charge is 0.307 e. The summed E-state index contributed by atoms with van der Waals surface area (Å²) in [7, 11) is 0. The van der Waals surface area contributed by atoms with Crippen molar-refractivity contribution in [3.8, 4) is 0 Å². The molecule has 1 atom stereocenters. The van der Waals surface area contributed by atoms with Gasteiger partial charge < -0.3 is 5.32 Å². The lowest BCUT2D eigenvalue weighted by Crippen LogP contribution is -2.52. The summed E-state index contributed by atoms with van der Waals surface area (Å²) in [4.78, 5) is 0. The zero-order valence-electron chi connectivity index (χ0n) is 7.44. The molecule has 2 heteroatoms. The number of aryl methyl sites for hydroxylation is 1. The molecule has 1 aromatic carbocycles. The summed E-state index contributed by atoms with van der Waals surface area (Å²) >= 11 is 0. The van der Waals surface area contributed by atoms with Crippen LogP contribution < -0.4 is 5.32 Å². The molecule has 1 spiro atoms. The van der Waals surface area contributed by atoms with Crippen LogP contribution in [0.1, 0.15) is 24.0 Å². The number of benzene rings is 1. The second-order valence-corrected chi connectivity index (χ2v) is 4.06. The van der Waals surface area contributed by atoms with Crippen molar-refractivity contribution in [3.05, 3.63) is 35.1 Å². The monoisotopic (exact) mass is 177 g/mol. The maximum atomic E-state index is 12.9. The standard InChI is InChI=1S/C11H12FN/c12-9-1-2-10-8(7-9)3-4-11(10)5-6-13-11/h1-2,7,13H,3-6H2/t11-/m0/s1. The van der Waals surface area contributed by atoms with Crippen LogP contribution in [-0.4, -0.2) is 6.54 Å². The first-order chi connectivity index (χ1) is 6.30. The van der Waals surface area contributed by atoms with Gasteiger partial charge in [-0.05, 0) is 49.1 Å². The lowest BCUT2D eigenvalue weighted by Gasteiger charge is -2.41. The van der Waals surface area contributed by atoms with Crippen molar-refractivity contribution in [2.24, 2.45) is 0 Å². The molecule has 0 saturated carbocycles. The highest BCUT2D eigenvalue weighted by Gasteiger charge is 2.42. The molecule has 0 unspecified atom stereocenters. The van der Waals surface area contributed by atoms with Crippen LogP contribution in [0.15, 0.2) is 18.2 Å². The summed E-state index contributed by atoms with van der Waals surface area (Å²) in [5, 5.41) is 3.47. The normalized spacial score (nSPS) is 30.2. The SMILES string of the molecule is Fc1ccc2c(c1)CC[C@]21CCN1. The Bertz CT molecular complexity index is 355. The third-order valence-corrected chi connectivity index (χ3v) is 3.42. The van der Waals surface area contributed by atoms with E-state index in [4.69, 9.17) is 0 Å².